The van der Waals surface area contributed by atoms with E-state index in [0.717, 1.165) is 5.39 Å². The number of aromatic hydroxyl groups is 1. The van der Waals surface area contributed by atoms with Crippen LogP contribution in [0.5, 0.6) is 5.75 Å². The van der Waals surface area contributed by atoms with Crippen LogP contribution in [-0.2, 0) is 0 Å². The Labute approximate surface area is 87.5 Å². The molecule has 0 amide bonds. The molecule has 1 N–H and O–H groups in total. The topological polar surface area (TPSA) is 37.3 Å². The monoisotopic (exact) mass is 198 g/mol. The van der Waals surface area contributed by atoms with Crippen molar-refractivity contribution in [2.24, 2.45) is 0 Å². The average molecular weight is 198 g/mol. The predicted octanol–water partition coefficient (Wildman–Crippen LogP) is 2.91. The lowest BCUT2D eigenvalue weighted by atomic mass is 10.0. The second-order valence-electron chi connectivity index (χ2n) is 3.25. The second kappa shape index (κ2) is 3.58. The minimum Gasteiger partial charge on any atom is -0.507 e. The summed E-state index contributed by atoms with van der Waals surface area (Å²) in [5.74, 6) is -0.240. The molecule has 0 aliphatic carbocycles. The Bertz CT molecular complexity index is 541. The quantitative estimate of drug-likeness (QED) is 0.595. The molecule has 0 aliphatic rings. The Morgan fingerprint density at radius 2 is 1.93 bits per heavy atom. The van der Waals surface area contributed by atoms with Gasteiger partial charge in [-0.15, -0.1) is 0 Å². The van der Waals surface area contributed by atoms with Gasteiger partial charge in [-0.25, -0.2) is 0 Å². The fourth-order valence-corrected chi connectivity index (χ4v) is 1.56. The van der Waals surface area contributed by atoms with Crippen LogP contribution in [0.3, 0.4) is 0 Å². The second-order valence-corrected chi connectivity index (χ2v) is 3.25. The molecule has 0 fully saturated rings. The van der Waals surface area contributed by atoms with Crippen molar-refractivity contribution in [3.05, 3.63) is 54.6 Å². The summed E-state index contributed by atoms with van der Waals surface area (Å²) in [5.41, 5.74) is 0.295. The summed E-state index contributed by atoms with van der Waals surface area (Å²) in [7, 11) is 0. The molecule has 2 nitrogen and oxygen atoms in total. The summed E-state index contributed by atoms with van der Waals surface area (Å²) in [6, 6.07) is 10.8. The highest BCUT2D eigenvalue weighted by atomic mass is 16.3. The van der Waals surface area contributed by atoms with E-state index in [1.807, 2.05) is 24.3 Å². The van der Waals surface area contributed by atoms with Crippen LogP contribution in [0.4, 0.5) is 0 Å². The number of benzene rings is 2. The van der Waals surface area contributed by atoms with Crippen molar-refractivity contribution >= 4 is 16.6 Å². The lowest BCUT2D eigenvalue weighted by molar-refractivity contribution is 0.104. The van der Waals surface area contributed by atoms with Gasteiger partial charge in [0.25, 0.3) is 0 Å². The molecular weight excluding hydrogens is 188 g/mol. The van der Waals surface area contributed by atoms with Crippen LogP contribution < -0.4 is 0 Å². The smallest absolute Gasteiger partial charge is 0.188 e. The Kier molecular flexibility index (Phi) is 2.26. The van der Waals surface area contributed by atoms with E-state index < -0.39 is 0 Å². The molecule has 74 valence electrons. The van der Waals surface area contributed by atoms with Crippen molar-refractivity contribution in [1.29, 1.82) is 0 Å². The third kappa shape index (κ3) is 1.50. The number of allylic oxidation sites excluding steroid dienone is 1. The first kappa shape index (κ1) is 9.46. The van der Waals surface area contributed by atoms with Gasteiger partial charge < -0.3 is 5.11 Å². The van der Waals surface area contributed by atoms with Gasteiger partial charge in [-0.05, 0) is 17.5 Å². The van der Waals surface area contributed by atoms with Gasteiger partial charge >= 0.3 is 0 Å². The highest BCUT2D eigenvalue weighted by molar-refractivity contribution is 6.09. The van der Waals surface area contributed by atoms with Crippen molar-refractivity contribution in [2.75, 3.05) is 0 Å². The van der Waals surface area contributed by atoms with Crippen LogP contribution in [0.1, 0.15) is 10.4 Å². The molecule has 0 spiro atoms. The predicted molar refractivity (Wildman–Crippen MR) is 60.1 cm³/mol. The van der Waals surface area contributed by atoms with Gasteiger partial charge in [-0.3, -0.25) is 4.79 Å². The van der Waals surface area contributed by atoms with Crippen molar-refractivity contribution in [1.82, 2.24) is 0 Å². The van der Waals surface area contributed by atoms with Crippen LogP contribution in [0.25, 0.3) is 10.8 Å². The minimum absolute atomic E-state index is 0.0259. The molecule has 0 atom stereocenters. The summed E-state index contributed by atoms with van der Waals surface area (Å²) in [4.78, 5) is 11.4. The number of phenolic OH excluding ortho intramolecular Hbond substituents is 1. The number of ketones is 1. The molecule has 2 rings (SSSR count). The van der Waals surface area contributed by atoms with Crippen LogP contribution >= 0.6 is 0 Å². The van der Waals surface area contributed by atoms with E-state index in [1.54, 1.807) is 12.1 Å². The molecule has 2 aromatic rings. The highest BCUT2D eigenvalue weighted by Gasteiger charge is 2.10. The molecule has 0 saturated heterocycles. The van der Waals surface area contributed by atoms with Crippen molar-refractivity contribution in [3.8, 4) is 5.75 Å². The van der Waals surface area contributed by atoms with Crippen LogP contribution in [0.2, 0.25) is 0 Å². The summed E-state index contributed by atoms with van der Waals surface area (Å²) in [5, 5.41) is 11.5. The van der Waals surface area contributed by atoms with Gasteiger partial charge in [0.05, 0.1) is 5.56 Å². The van der Waals surface area contributed by atoms with Gasteiger partial charge in [-0.2, -0.15) is 0 Å². The molecule has 2 aromatic carbocycles. The third-order valence-electron chi connectivity index (χ3n) is 2.35. The van der Waals surface area contributed by atoms with Crippen molar-refractivity contribution < 1.29 is 9.90 Å². The summed E-state index contributed by atoms with van der Waals surface area (Å²) in [6.45, 7) is 3.40. The number of hydrogen-bond donors (Lipinski definition) is 1. The van der Waals surface area contributed by atoms with Gasteiger partial charge in [0.2, 0.25) is 0 Å². The molecular formula is C13H10O2. The zero-order valence-electron chi connectivity index (χ0n) is 8.10. The first-order valence-electron chi connectivity index (χ1n) is 4.61. The van der Waals surface area contributed by atoms with Crippen LogP contribution in [0, 0.1) is 0 Å². The first-order chi connectivity index (χ1) is 7.24. The normalized spacial score (nSPS) is 10.1. The van der Waals surface area contributed by atoms with E-state index in [4.69, 9.17) is 0 Å². The van der Waals surface area contributed by atoms with Gasteiger partial charge in [-0.1, -0.05) is 36.9 Å². The number of phenols is 1. The molecule has 0 saturated carbocycles. The van der Waals surface area contributed by atoms with E-state index >= 15 is 0 Å². The maximum absolute atomic E-state index is 11.4. The Morgan fingerprint density at radius 1 is 1.20 bits per heavy atom. The summed E-state index contributed by atoms with van der Waals surface area (Å²) in [6.07, 6.45) is 1.20. The van der Waals surface area contributed by atoms with Gasteiger partial charge in [0.15, 0.2) is 5.78 Å². The van der Waals surface area contributed by atoms with Gasteiger partial charge in [0, 0.05) is 5.39 Å². The maximum atomic E-state index is 11.4. The van der Waals surface area contributed by atoms with Crippen LogP contribution in [-0.4, -0.2) is 10.9 Å². The molecule has 2 heteroatoms. The Balaban J connectivity index is 2.75. The standard InChI is InChI=1S/C13H10O2/c1-2-12(14)11-8-7-9-5-3-4-6-10(9)13(11)15/h2-8,15H,1H2. The van der Waals surface area contributed by atoms with Gasteiger partial charge in [0.1, 0.15) is 5.75 Å². The molecule has 0 heterocycles. The molecule has 0 unspecified atom stereocenters. The lowest BCUT2D eigenvalue weighted by Crippen LogP contribution is -1.94. The van der Waals surface area contributed by atoms with Crippen LogP contribution in [0.15, 0.2) is 49.1 Å². The zero-order valence-corrected chi connectivity index (χ0v) is 8.10. The number of fused-ring (bicyclic) bond motifs is 1. The molecule has 0 aliphatic heterocycles. The maximum Gasteiger partial charge on any atom is 0.188 e. The fourth-order valence-electron chi connectivity index (χ4n) is 1.56. The van der Waals surface area contributed by atoms with Crippen molar-refractivity contribution in [2.45, 2.75) is 0 Å². The Hall–Kier alpha value is -2.09. The number of carbonyl (C=O) groups is 1. The third-order valence-corrected chi connectivity index (χ3v) is 2.35. The van der Waals surface area contributed by atoms with E-state index in [1.165, 1.54) is 6.08 Å². The largest absolute Gasteiger partial charge is 0.507 e. The minimum atomic E-state index is -0.266. The van der Waals surface area contributed by atoms with E-state index in [0.29, 0.717) is 10.9 Å². The highest BCUT2D eigenvalue weighted by Crippen LogP contribution is 2.28. The first-order valence-corrected chi connectivity index (χ1v) is 4.61. The summed E-state index contributed by atoms with van der Waals surface area (Å²) >= 11 is 0. The van der Waals surface area contributed by atoms with E-state index in [9.17, 15) is 9.90 Å². The Morgan fingerprint density at radius 3 is 2.67 bits per heavy atom. The lowest BCUT2D eigenvalue weighted by Gasteiger charge is -2.04. The number of rotatable bonds is 2. The number of carbonyl (C=O) groups excluding carboxylic acids is 1. The SMILES string of the molecule is C=CC(=O)c1ccc2ccccc2c1O. The molecule has 0 radical (unpaired) electrons. The van der Waals surface area contributed by atoms with E-state index in [-0.39, 0.29) is 11.5 Å². The number of hydrogen-bond acceptors (Lipinski definition) is 2. The fraction of sp³-hybridized carbons (Fsp3) is 0. The molecule has 15 heavy (non-hydrogen) atoms. The average Bonchev–Trinajstić information content (AvgIpc) is 2.29. The zero-order chi connectivity index (χ0) is 10.8. The van der Waals surface area contributed by atoms with Crippen molar-refractivity contribution in [3.63, 3.8) is 0 Å². The molecule has 0 bridgehead atoms. The summed E-state index contributed by atoms with van der Waals surface area (Å²) < 4.78 is 0. The molecule has 0 aromatic heterocycles. The van der Waals surface area contributed by atoms with E-state index in [2.05, 4.69) is 6.58 Å².